The maximum Gasteiger partial charge on any atom is 0.344 e. The minimum Gasteiger partial charge on any atom is -0.609 e. The van der Waals surface area contributed by atoms with E-state index in [2.05, 4.69) is 15.0 Å². The van der Waals surface area contributed by atoms with Crippen LogP contribution < -0.4 is 10.3 Å². The van der Waals surface area contributed by atoms with Gasteiger partial charge in [0.2, 0.25) is 5.78 Å². The summed E-state index contributed by atoms with van der Waals surface area (Å²) in [6.07, 6.45) is 6.15. The normalized spacial score (nSPS) is 12.6. The second kappa shape index (κ2) is 5.87. The molecule has 126 valence electrons. The number of ether oxygens (including phenoxy) is 1. The molecule has 1 atom stereocenters. The highest BCUT2D eigenvalue weighted by Crippen LogP contribution is 2.23. The first-order valence-corrected chi connectivity index (χ1v) is 8.89. The van der Waals surface area contributed by atoms with Gasteiger partial charge in [0.15, 0.2) is 5.65 Å². The van der Waals surface area contributed by atoms with Gasteiger partial charge in [0, 0.05) is 23.6 Å². The van der Waals surface area contributed by atoms with Gasteiger partial charge < -0.3 is 9.29 Å². The molecule has 3 heterocycles. The lowest BCUT2D eigenvalue weighted by Gasteiger charge is -2.13. The molecule has 0 aliphatic carbocycles. The Morgan fingerprint density at radius 1 is 1.24 bits per heavy atom. The van der Waals surface area contributed by atoms with Crippen molar-refractivity contribution in [2.75, 3.05) is 13.4 Å². The molecule has 25 heavy (non-hydrogen) atoms. The van der Waals surface area contributed by atoms with Gasteiger partial charge in [0.05, 0.1) is 19.0 Å². The van der Waals surface area contributed by atoms with Gasteiger partial charge >= 0.3 is 5.16 Å². The van der Waals surface area contributed by atoms with Crippen molar-refractivity contribution in [3.8, 4) is 11.4 Å². The number of hydrogen-bond acceptors (Lipinski definition) is 6. The monoisotopic (exact) mass is 355 g/mol. The lowest BCUT2D eigenvalue weighted by molar-refractivity contribution is 0.413. The number of para-hydroxylation sites is 2. The summed E-state index contributed by atoms with van der Waals surface area (Å²) in [5, 5.41) is 0.461. The Hall–Kier alpha value is -2.91. The van der Waals surface area contributed by atoms with Gasteiger partial charge in [-0.05, 0) is 12.1 Å². The van der Waals surface area contributed by atoms with Crippen LogP contribution >= 0.6 is 0 Å². The van der Waals surface area contributed by atoms with E-state index in [1.54, 1.807) is 36.0 Å². The molecule has 0 bridgehead atoms. The summed E-state index contributed by atoms with van der Waals surface area (Å²) < 4.78 is 20.2. The van der Waals surface area contributed by atoms with Crippen LogP contribution in [0.15, 0.2) is 52.8 Å². The maximum atomic E-state index is 13.1. The average Bonchev–Trinajstić information content (AvgIpc) is 3.11. The molecule has 9 heteroatoms. The summed E-state index contributed by atoms with van der Waals surface area (Å²) in [6.45, 7) is 0. The minimum absolute atomic E-state index is 0.164. The van der Waals surface area contributed by atoms with Crippen molar-refractivity contribution >= 4 is 28.0 Å². The van der Waals surface area contributed by atoms with Crippen LogP contribution in [0.3, 0.4) is 0 Å². The van der Waals surface area contributed by atoms with Crippen molar-refractivity contribution in [2.45, 2.75) is 5.16 Å². The second-order valence-electron chi connectivity index (χ2n) is 5.25. The average molecular weight is 355 g/mol. The standard InChI is InChI=1S/C16H13N5O3S/c1-24-12-6-4-3-5-11(12)21-14(22)10-9-18-15(25(2)23)19-13(10)20-8-7-17-16(20)21/h3-9H,1-2H3. The van der Waals surface area contributed by atoms with E-state index in [1.165, 1.54) is 17.0 Å². The third-order valence-corrected chi connectivity index (χ3v) is 4.52. The van der Waals surface area contributed by atoms with Gasteiger partial charge in [-0.3, -0.25) is 9.20 Å². The van der Waals surface area contributed by atoms with Crippen molar-refractivity contribution in [2.24, 2.45) is 0 Å². The van der Waals surface area contributed by atoms with Crippen molar-refractivity contribution in [1.29, 1.82) is 0 Å². The molecule has 1 aromatic carbocycles. The van der Waals surface area contributed by atoms with Gasteiger partial charge in [-0.2, -0.15) is 9.97 Å². The molecule has 3 aromatic heterocycles. The zero-order valence-electron chi connectivity index (χ0n) is 13.4. The second-order valence-corrected chi connectivity index (χ2v) is 6.53. The lowest BCUT2D eigenvalue weighted by atomic mass is 10.2. The number of methoxy groups -OCH3 is 1. The molecule has 0 N–H and O–H groups in total. The summed E-state index contributed by atoms with van der Waals surface area (Å²) >= 11 is -1.35. The Morgan fingerprint density at radius 2 is 2.04 bits per heavy atom. The maximum absolute atomic E-state index is 13.1. The fourth-order valence-corrected chi connectivity index (χ4v) is 3.12. The van der Waals surface area contributed by atoms with Crippen molar-refractivity contribution < 1.29 is 9.29 Å². The van der Waals surface area contributed by atoms with Crippen molar-refractivity contribution in [3.63, 3.8) is 0 Å². The number of aromatic nitrogens is 5. The Balaban J connectivity index is 2.16. The number of benzene rings is 1. The fraction of sp³-hybridized carbons (Fsp3) is 0.125. The molecule has 4 aromatic rings. The van der Waals surface area contributed by atoms with Crippen LogP contribution in [0.5, 0.6) is 5.75 Å². The SMILES string of the molecule is COc1ccccc1-n1c(=O)c2cnc([S+](C)[O-])nc2n2ccnc12. The lowest BCUT2D eigenvalue weighted by Crippen LogP contribution is -2.23. The summed E-state index contributed by atoms with van der Waals surface area (Å²) in [6, 6.07) is 7.18. The highest BCUT2D eigenvalue weighted by atomic mass is 32.2. The highest BCUT2D eigenvalue weighted by molar-refractivity contribution is 7.90. The van der Waals surface area contributed by atoms with Crippen molar-refractivity contribution in [1.82, 2.24) is 23.9 Å². The Morgan fingerprint density at radius 3 is 2.80 bits per heavy atom. The van der Waals surface area contributed by atoms with Crippen LogP contribution in [0.4, 0.5) is 0 Å². The fourth-order valence-electron chi connectivity index (χ4n) is 2.70. The predicted molar refractivity (Wildman–Crippen MR) is 92.8 cm³/mol. The number of rotatable bonds is 3. The number of nitrogens with zero attached hydrogens (tertiary/aromatic N) is 5. The van der Waals surface area contributed by atoms with E-state index < -0.39 is 11.2 Å². The molecular weight excluding hydrogens is 342 g/mol. The van der Waals surface area contributed by atoms with Crippen LogP contribution in [0, 0.1) is 0 Å². The van der Waals surface area contributed by atoms with Crippen LogP contribution in [-0.2, 0) is 11.2 Å². The molecule has 1 unspecified atom stereocenters. The van der Waals surface area contributed by atoms with E-state index in [0.717, 1.165) is 0 Å². The summed E-state index contributed by atoms with van der Waals surface area (Å²) in [5.41, 5.74) is 0.603. The Labute approximate surface area is 144 Å². The predicted octanol–water partition coefficient (Wildman–Crippen LogP) is 1.17. The Bertz CT molecular complexity index is 1150. The molecule has 0 aliphatic rings. The molecule has 0 spiro atoms. The van der Waals surface area contributed by atoms with E-state index in [4.69, 9.17) is 4.74 Å². The third-order valence-electron chi connectivity index (χ3n) is 3.81. The Kier molecular flexibility index (Phi) is 3.66. The number of hydrogen-bond donors (Lipinski definition) is 0. The zero-order valence-corrected chi connectivity index (χ0v) is 14.2. The molecular formula is C16H13N5O3S. The third kappa shape index (κ3) is 2.36. The van der Waals surface area contributed by atoms with Gasteiger partial charge in [-0.1, -0.05) is 12.1 Å². The zero-order chi connectivity index (χ0) is 17.6. The van der Waals surface area contributed by atoms with E-state index in [0.29, 0.717) is 28.2 Å². The van der Waals surface area contributed by atoms with E-state index in [1.807, 2.05) is 12.1 Å². The molecule has 0 radical (unpaired) electrons. The van der Waals surface area contributed by atoms with Crippen LogP contribution in [-0.4, -0.2) is 41.8 Å². The van der Waals surface area contributed by atoms with Crippen LogP contribution in [0.1, 0.15) is 0 Å². The first-order valence-electron chi connectivity index (χ1n) is 7.33. The van der Waals surface area contributed by atoms with Gasteiger partial charge in [-0.25, -0.2) is 9.55 Å². The van der Waals surface area contributed by atoms with Crippen LogP contribution in [0.25, 0.3) is 22.5 Å². The van der Waals surface area contributed by atoms with Crippen LogP contribution in [0.2, 0.25) is 0 Å². The van der Waals surface area contributed by atoms with Gasteiger partial charge in [0.25, 0.3) is 5.56 Å². The quantitative estimate of drug-likeness (QED) is 0.404. The van der Waals surface area contributed by atoms with E-state index in [9.17, 15) is 9.35 Å². The molecule has 0 saturated carbocycles. The molecule has 0 aliphatic heterocycles. The first kappa shape index (κ1) is 15.6. The topological polar surface area (TPSA) is 97.4 Å². The summed E-state index contributed by atoms with van der Waals surface area (Å²) in [5.74, 6) is 0.926. The smallest absolute Gasteiger partial charge is 0.344 e. The number of imidazole rings is 1. The molecule has 0 saturated heterocycles. The summed E-state index contributed by atoms with van der Waals surface area (Å²) in [7, 11) is 1.54. The van der Waals surface area contributed by atoms with Crippen molar-refractivity contribution in [3.05, 3.63) is 53.2 Å². The molecule has 0 fully saturated rings. The first-order chi connectivity index (χ1) is 12.1. The minimum atomic E-state index is -1.35. The van der Waals surface area contributed by atoms with E-state index in [-0.39, 0.29) is 10.7 Å². The summed E-state index contributed by atoms with van der Waals surface area (Å²) in [4.78, 5) is 25.7. The molecule has 8 nitrogen and oxygen atoms in total. The van der Waals surface area contributed by atoms with Gasteiger partial charge in [0.1, 0.15) is 17.4 Å². The largest absolute Gasteiger partial charge is 0.609 e. The van der Waals surface area contributed by atoms with Gasteiger partial charge in [-0.15, -0.1) is 0 Å². The molecule has 0 amide bonds. The van der Waals surface area contributed by atoms with E-state index >= 15 is 0 Å². The molecule has 4 rings (SSSR count). The number of fused-ring (bicyclic) bond motifs is 3. The highest BCUT2D eigenvalue weighted by Gasteiger charge is 2.19.